The maximum atomic E-state index is 14.5. The molecular weight excluding hydrogens is 757 g/mol. The number of nitrogens with zero attached hydrogens (tertiary/aromatic N) is 2. The average molecular weight is 809 g/mol. The van der Waals surface area contributed by atoms with E-state index in [4.69, 9.17) is 18.9 Å². The molecule has 0 aromatic heterocycles. The van der Waals surface area contributed by atoms with E-state index in [9.17, 15) is 26.4 Å². The Kier molecular flexibility index (Phi) is 15.6. The Balaban J connectivity index is 1.67. The van der Waals surface area contributed by atoms with E-state index in [2.05, 4.69) is 0 Å². The first-order valence-corrected chi connectivity index (χ1v) is 21.1. The number of aldehydes is 2. The molecule has 0 aliphatic heterocycles. The van der Waals surface area contributed by atoms with Crippen LogP contribution in [-0.2, 0) is 62.2 Å². The molecule has 0 aliphatic rings. The van der Waals surface area contributed by atoms with Crippen molar-refractivity contribution >= 4 is 32.6 Å². The van der Waals surface area contributed by atoms with Crippen LogP contribution in [-0.4, -0.2) is 77.0 Å². The molecule has 4 aromatic carbocycles. The van der Waals surface area contributed by atoms with Gasteiger partial charge in [0.2, 0.25) is 20.0 Å². The highest BCUT2D eigenvalue weighted by molar-refractivity contribution is 7.90. The lowest BCUT2D eigenvalue weighted by molar-refractivity contribution is -0.109. The van der Waals surface area contributed by atoms with Crippen LogP contribution in [0.5, 0.6) is 23.0 Å². The molecule has 4 rings (SSSR count). The maximum Gasteiger partial charge on any atom is 0.224 e. The summed E-state index contributed by atoms with van der Waals surface area (Å²) in [5.41, 5.74) is 3.28. The molecule has 0 saturated carbocycles. The topological polar surface area (TPSA) is 146 Å². The highest BCUT2D eigenvalue weighted by atomic mass is 32.2. The fraction of sp³-hybridized carbons (Fsp3) is 0.381. The van der Waals surface area contributed by atoms with E-state index >= 15 is 0 Å². The van der Waals surface area contributed by atoms with Crippen LogP contribution < -0.4 is 18.9 Å². The highest BCUT2D eigenvalue weighted by Crippen LogP contribution is 2.30. The summed E-state index contributed by atoms with van der Waals surface area (Å²) in [4.78, 5) is 24.9. The summed E-state index contributed by atoms with van der Waals surface area (Å²) in [6.45, 7) is 4.98. The second-order valence-electron chi connectivity index (χ2n) is 13.9. The van der Waals surface area contributed by atoms with Crippen LogP contribution in [0.3, 0.4) is 0 Å². The first kappa shape index (κ1) is 44.0. The van der Waals surface area contributed by atoms with E-state index < -0.39 is 42.4 Å². The molecule has 3 atom stereocenters. The van der Waals surface area contributed by atoms with Crippen molar-refractivity contribution in [1.29, 1.82) is 0 Å². The third-order valence-corrected chi connectivity index (χ3v) is 14.3. The van der Waals surface area contributed by atoms with Gasteiger partial charge in [0.15, 0.2) is 0 Å². The van der Waals surface area contributed by atoms with Gasteiger partial charge in [-0.1, -0.05) is 69.3 Å². The number of carbonyl (C=O) groups is 2. The largest absolute Gasteiger partial charge is 0.497 e. The predicted octanol–water partition coefficient (Wildman–Crippen LogP) is 6.05. The van der Waals surface area contributed by atoms with Crippen molar-refractivity contribution in [2.24, 2.45) is 11.8 Å². The Labute approximate surface area is 331 Å². The van der Waals surface area contributed by atoms with Gasteiger partial charge in [0.1, 0.15) is 46.1 Å². The molecular formula is C42H52N2O10S2. The van der Waals surface area contributed by atoms with Crippen molar-refractivity contribution < 1.29 is 45.4 Å². The Morgan fingerprint density at radius 1 is 0.518 bits per heavy atom. The van der Waals surface area contributed by atoms with Crippen molar-refractivity contribution in [3.8, 4) is 23.0 Å². The molecule has 0 fully saturated rings. The molecule has 0 radical (unpaired) electrons. The SMILES string of the molecule is COc1ccc(CN(Cc2ccc(OC)cc2)S(=O)(=O)[C@H](C=O)C(C)Cc2cc(CN(Cc3ccc(OC)cc3)S(=O)(=O)[C@@H](C=O)C(C)C)ccc2OC)cc1. The second-order valence-corrected chi connectivity index (χ2v) is 18.1. The third-order valence-electron chi connectivity index (χ3n) is 9.69. The summed E-state index contributed by atoms with van der Waals surface area (Å²) in [7, 11) is -2.26. The molecule has 56 heavy (non-hydrogen) atoms. The molecule has 0 spiro atoms. The minimum absolute atomic E-state index is 0.00485. The minimum atomic E-state index is -4.26. The van der Waals surface area contributed by atoms with Gasteiger partial charge in [-0.3, -0.25) is 0 Å². The molecule has 12 nitrogen and oxygen atoms in total. The summed E-state index contributed by atoms with van der Waals surface area (Å²) in [6.07, 6.45) is 1.06. The summed E-state index contributed by atoms with van der Waals surface area (Å²) in [6, 6.07) is 26.3. The zero-order valence-corrected chi connectivity index (χ0v) is 34.6. The highest BCUT2D eigenvalue weighted by Gasteiger charge is 2.37. The van der Waals surface area contributed by atoms with E-state index in [0.29, 0.717) is 63.4 Å². The van der Waals surface area contributed by atoms with Gasteiger partial charge in [-0.2, -0.15) is 8.61 Å². The van der Waals surface area contributed by atoms with Crippen LogP contribution in [0, 0.1) is 11.8 Å². The van der Waals surface area contributed by atoms with Crippen molar-refractivity contribution in [1.82, 2.24) is 8.61 Å². The van der Waals surface area contributed by atoms with Gasteiger partial charge in [0.25, 0.3) is 0 Å². The number of ether oxygens (including phenoxy) is 4. The fourth-order valence-electron chi connectivity index (χ4n) is 6.45. The van der Waals surface area contributed by atoms with Crippen molar-refractivity contribution in [3.05, 3.63) is 119 Å². The Bertz CT molecular complexity index is 2060. The Hall–Kier alpha value is -4.76. The molecule has 0 amide bonds. The number of carbonyl (C=O) groups excluding carboxylic acids is 2. The van der Waals surface area contributed by atoms with Gasteiger partial charge in [0.05, 0.1) is 28.4 Å². The standard InChI is InChI=1S/C42H52N2O10S2/c1-30(2)41(28-45)55(47,48)44(26-34-12-19-39(53-6)20-13-34)27-35-14-21-40(54-7)36(23-35)22-31(3)42(29-46)56(49,50)43(24-32-8-15-37(51-4)16-9-32)25-33-10-17-38(52-5)18-11-33/h8-21,23,28-31,41-42H,22,24-27H2,1-7H3/t31?,41-,42+/m0/s1. The average Bonchev–Trinajstić information content (AvgIpc) is 3.18. The Morgan fingerprint density at radius 2 is 0.875 bits per heavy atom. The van der Waals surface area contributed by atoms with Crippen LogP contribution in [0.25, 0.3) is 0 Å². The van der Waals surface area contributed by atoms with E-state index in [1.165, 1.54) is 15.7 Å². The number of methoxy groups -OCH3 is 4. The lowest BCUT2D eigenvalue weighted by Crippen LogP contribution is -2.42. The number of hydrogen-bond donors (Lipinski definition) is 0. The lowest BCUT2D eigenvalue weighted by Gasteiger charge is -2.29. The van der Waals surface area contributed by atoms with Crippen LogP contribution in [0.1, 0.15) is 48.6 Å². The van der Waals surface area contributed by atoms with Crippen LogP contribution in [0.4, 0.5) is 0 Å². The summed E-state index contributed by atoms with van der Waals surface area (Å²) in [5, 5.41) is -2.70. The molecule has 14 heteroatoms. The fourth-order valence-corrected chi connectivity index (χ4v) is 10.1. The zero-order chi connectivity index (χ0) is 41.0. The quantitative estimate of drug-likeness (QED) is 0.0860. The van der Waals surface area contributed by atoms with Crippen LogP contribution >= 0.6 is 0 Å². The summed E-state index contributed by atoms with van der Waals surface area (Å²) in [5.74, 6) is 1.12. The smallest absolute Gasteiger partial charge is 0.224 e. The normalized spacial score (nSPS) is 13.6. The van der Waals surface area contributed by atoms with Crippen molar-refractivity contribution in [2.75, 3.05) is 28.4 Å². The van der Waals surface area contributed by atoms with E-state index in [1.807, 2.05) is 0 Å². The molecule has 0 bridgehead atoms. The van der Waals surface area contributed by atoms with Gasteiger partial charge in [-0.25, -0.2) is 16.8 Å². The molecule has 302 valence electrons. The van der Waals surface area contributed by atoms with Gasteiger partial charge < -0.3 is 28.5 Å². The van der Waals surface area contributed by atoms with Crippen LogP contribution in [0.15, 0.2) is 91.0 Å². The molecule has 0 N–H and O–H groups in total. The minimum Gasteiger partial charge on any atom is -0.497 e. The molecule has 1 unspecified atom stereocenters. The van der Waals surface area contributed by atoms with Gasteiger partial charge in [-0.15, -0.1) is 0 Å². The van der Waals surface area contributed by atoms with Crippen molar-refractivity contribution in [3.63, 3.8) is 0 Å². The third kappa shape index (κ3) is 11.0. The maximum absolute atomic E-state index is 14.5. The van der Waals surface area contributed by atoms with E-state index in [0.717, 1.165) is 0 Å². The second kappa shape index (κ2) is 19.9. The van der Waals surface area contributed by atoms with Gasteiger partial charge in [-0.05, 0) is 88.5 Å². The molecule has 0 heterocycles. The summed E-state index contributed by atoms with van der Waals surface area (Å²) < 4.78 is 81.0. The first-order valence-electron chi connectivity index (χ1n) is 18.1. The monoisotopic (exact) mass is 808 g/mol. The van der Waals surface area contributed by atoms with E-state index in [1.54, 1.807) is 133 Å². The number of sulfonamides is 2. The van der Waals surface area contributed by atoms with Gasteiger partial charge in [0, 0.05) is 26.2 Å². The van der Waals surface area contributed by atoms with E-state index in [-0.39, 0.29) is 32.6 Å². The lowest BCUT2D eigenvalue weighted by atomic mass is 9.96. The van der Waals surface area contributed by atoms with Crippen LogP contribution in [0.2, 0.25) is 0 Å². The van der Waals surface area contributed by atoms with Gasteiger partial charge >= 0.3 is 0 Å². The zero-order valence-electron chi connectivity index (χ0n) is 33.0. The number of rotatable bonds is 22. The van der Waals surface area contributed by atoms with Crippen molar-refractivity contribution in [2.45, 2.75) is 63.9 Å². The molecule has 0 saturated heterocycles. The molecule has 0 aliphatic carbocycles. The molecule has 4 aromatic rings. The summed E-state index contributed by atoms with van der Waals surface area (Å²) >= 11 is 0. The number of benzene rings is 4. The Morgan fingerprint density at radius 3 is 1.21 bits per heavy atom. The first-order chi connectivity index (χ1) is 26.7. The number of hydrogen-bond acceptors (Lipinski definition) is 10. The predicted molar refractivity (Wildman–Crippen MR) is 216 cm³/mol.